The molecule has 6 N–H and O–H groups in total. The first-order valence-electron chi connectivity index (χ1n) is 11.9. The summed E-state index contributed by atoms with van der Waals surface area (Å²) >= 11 is 0. The maximum absolute atomic E-state index is 12.4. The zero-order chi connectivity index (χ0) is 26.9. The Morgan fingerprint density at radius 2 is 1.92 bits per heavy atom. The summed E-state index contributed by atoms with van der Waals surface area (Å²) in [5, 5.41) is 14.4. The molecule has 2 heterocycles. The number of carbonyl (C=O) groups is 2. The summed E-state index contributed by atoms with van der Waals surface area (Å²) in [5.41, 5.74) is 9.34. The molecule has 0 aliphatic heterocycles. The molecule has 3 amide bonds. The van der Waals surface area contributed by atoms with Crippen LogP contribution in [0.1, 0.15) is 30.1 Å². The number of anilines is 3. The lowest BCUT2D eigenvalue weighted by Crippen LogP contribution is -2.25. The molecule has 0 aliphatic rings. The highest BCUT2D eigenvalue weighted by atomic mass is 16.5. The minimum absolute atomic E-state index is 0.108. The Balaban J connectivity index is 1.41. The van der Waals surface area contributed by atoms with Crippen LogP contribution < -0.4 is 26.6 Å². The van der Waals surface area contributed by atoms with Gasteiger partial charge in [-0.05, 0) is 36.8 Å². The van der Waals surface area contributed by atoms with E-state index in [-0.39, 0.29) is 36.6 Å². The van der Waals surface area contributed by atoms with Crippen LogP contribution in [-0.4, -0.2) is 49.4 Å². The quantitative estimate of drug-likeness (QED) is 0.113. The van der Waals surface area contributed by atoms with E-state index in [9.17, 15) is 9.59 Å². The Kier molecular flexibility index (Phi) is 8.64. The van der Waals surface area contributed by atoms with Crippen LogP contribution in [-0.2, 0) is 11.5 Å². The number of para-hydroxylation sites is 1. The number of amides is 3. The van der Waals surface area contributed by atoms with Crippen LogP contribution in [0.4, 0.5) is 22.0 Å². The van der Waals surface area contributed by atoms with Gasteiger partial charge in [-0.25, -0.2) is 25.2 Å². The molecule has 13 nitrogen and oxygen atoms in total. The molecule has 1 atom stereocenters. The standard InChI is InChI=1S/C25H28N8O5/c1-2-6-18(12-37-20-10-9-16(26)11-19(20)24(34)32-36)38-15-33-14-29-21-22(27-13-28-23(21)33)31-25(35)30-17-7-4-3-5-8-17/h3-5,7-11,13-14,18,36H,2,6,12,15,26H2,1H3,(H,32,34)(H2,27,28,30,31,35). The van der Waals surface area contributed by atoms with Crippen LogP contribution >= 0.6 is 0 Å². The van der Waals surface area contributed by atoms with Gasteiger partial charge < -0.3 is 20.5 Å². The first-order chi connectivity index (χ1) is 18.5. The third-order valence-corrected chi connectivity index (χ3v) is 5.50. The lowest BCUT2D eigenvalue weighted by molar-refractivity contribution is -0.0212. The van der Waals surface area contributed by atoms with E-state index in [2.05, 4.69) is 25.6 Å². The number of urea groups is 1. The number of aromatic nitrogens is 4. The molecule has 13 heteroatoms. The molecule has 0 spiro atoms. The number of hydroxylamine groups is 1. The molecule has 4 rings (SSSR count). The number of nitrogens with one attached hydrogen (secondary N) is 3. The topological polar surface area (TPSA) is 179 Å². The molecule has 4 aromatic rings. The average molecular weight is 521 g/mol. The predicted molar refractivity (Wildman–Crippen MR) is 140 cm³/mol. The van der Waals surface area contributed by atoms with Gasteiger partial charge in [0.2, 0.25) is 0 Å². The number of imidazole rings is 1. The van der Waals surface area contributed by atoms with Crippen LogP contribution in [0.2, 0.25) is 0 Å². The van der Waals surface area contributed by atoms with Crippen molar-refractivity contribution < 1.29 is 24.3 Å². The van der Waals surface area contributed by atoms with Crippen LogP contribution in [0.5, 0.6) is 5.75 Å². The first kappa shape index (κ1) is 26.3. The van der Waals surface area contributed by atoms with Crippen molar-refractivity contribution in [2.24, 2.45) is 0 Å². The van der Waals surface area contributed by atoms with Crippen molar-refractivity contribution in [1.82, 2.24) is 25.0 Å². The van der Waals surface area contributed by atoms with Crippen molar-refractivity contribution in [3.05, 3.63) is 66.7 Å². The smallest absolute Gasteiger partial charge is 0.324 e. The number of nitrogens with zero attached hydrogens (tertiary/aromatic N) is 4. The largest absolute Gasteiger partial charge is 0.490 e. The number of hydrogen-bond acceptors (Lipinski definition) is 9. The minimum Gasteiger partial charge on any atom is -0.490 e. The second-order valence-corrected chi connectivity index (χ2v) is 8.27. The lowest BCUT2D eigenvalue weighted by atomic mass is 10.1. The summed E-state index contributed by atoms with van der Waals surface area (Å²) in [7, 11) is 0. The van der Waals surface area contributed by atoms with Crippen molar-refractivity contribution in [2.45, 2.75) is 32.6 Å². The highest BCUT2D eigenvalue weighted by molar-refractivity contribution is 6.02. The number of carbonyl (C=O) groups excluding carboxylic acids is 2. The van der Waals surface area contributed by atoms with Gasteiger partial charge in [-0.2, -0.15) is 0 Å². The molecule has 0 fully saturated rings. The van der Waals surface area contributed by atoms with E-state index >= 15 is 0 Å². The Morgan fingerprint density at radius 3 is 2.68 bits per heavy atom. The number of fused-ring (bicyclic) bond motifs is 1. The minimum atomic E-state index is -0.730. The van der Waals surface area contributed by atoms with E-state index in [1.807, 2.05) is 25.1 Å². The van der Waals surface area contributed by atoms with Crippen molar-refractivity contribution in [3.8, 4) is 5.75 Å². The average Bonchev–Trinajstić information content (AvgIpc) is 3.35. The predicted octanol–water partition coefficient (Wildman–Crippen LogP) is 3.39. The highest BCUT2D eigenvalue weighted by Crippen LogP contribution is 2.23. The summed E-state index contributed by atoms with van der Waals surface area (Å²) in [6.07, 6.45) is 4.07. The molecule has 38 heavy (non-hydrogen) atoms. The molecule has 0 aliphatic carbocycles. The number of nitrogen functional groups attached to an aromatic ring is 1. The summed E-state index contributed by atoms with van der Waals surface area (Å²) in [5.74, 6) is -0.207. The Labute approximate surface area is 218 Å². The first-order valence-corrected chi connectivity index (χ1v) is 11.9. The summed E-state index contributed by atoms with van der Waals surface area (Å²) < 4.78 is 13.6. The molecular weight excluding hydrogens is 492 g/mol. The van der Waals surface area contributed by atoms with Gasteiger partial charge in [0, 0.05) is 11.4 Å². The molecule has 2 aromatic carbocycles. The van der Waals surface area contributed by atoms with Crippen molar-refractivity contribution >= 4 is 40.3 Å². The Morgan fingerprint density at radius 1 is 1.11 bits per heavy atom. The second kappa shape index (κ2) is 12.5. The van der Waals surface area contributed by atoms with E-state index in [0.29, 0.717) is 29.0 Å². The third kappa shape index (κ3) is 6.52. The van der Waals surface area contributed by atoms with Crippen LogP contribution in [0.15, 0.2) is 61.2 Å². The van der Waals surface area contributed by atoms with Crippen molar-refractivity contribution in [3.63, 3.8) is 0 Å². The molecular formula is C25H28N8O5. The van der Waals surface area contributed by atoms with E-state index in [1.165, 1.54) is 12.4 Å². The van der Waals surface area contributed by atoms with Crippen molar-refractivity contribution in [2.75, 3.05) is 23.0 Å². The fourth-order valence-corrected chi connectivity index (χ4v) is 3.67. The SMILES string of the molecule is CCCC(COc1ccc(N)cc1C(=O)NO)OCn1cnc2c(NC(=O)Nc3ccccc3)ncnc21. The van der Waals surface area contributed by atoms with Crippen LogP contribution in [0.25, 0.3) is 11.2 Å². The lowest BCUT2D eigenvalue weighted by Gasteiger charge is -2.19. The Bertz CT molecular complexity index is 1400. The molecule has 0 saturated heterocycles. The maximum Gasteiger partial charge on any atom is 0.324 e. The van der Waals surface area contributed by atoms with Crippen LogP contribution in [0.3, 0.4) is 0 Å². The fraction of sp³-hybridized carbons (Fsp3) is 0.240. The zero-order valence-electron chi connectivity index (χ0n) is 20.6. The van der Waals surface area contributed by atoms with Gasteiger partial charge >= 0.3 is 6.03 Å². The van der Waals surface area contributed by atoms with E-state index in [0.717, 1.165) is 6.42 Å². The number of hydrogen-bond donors (Lipinski definition) is 5. The molecule has 2 aromatic heterocycles. The molecule has 0 saturated carbocycles. The van der Waals surface area contributed by atoms with Gasteiger partial charge in [-0.3, -0.25) is 19.9 Å². The second-order valence-electron chi connectivity index (χ2n) is 8.27. The number of nitrogens with two attached hydrogens (primary N) is 1. The number of benzene rings is 2. The normalized spacial score (nSPS) is 11.6. The molecule has 0 radical (unpaired) electrons. The molecule has 0 bridgehead atoms. The molecule has 1 unspecified atom stereocenters. The van der Waals surface area contributed by atoms with Gasteiger partial charge in [0.1, 0.15) is 25.4 Å². The van der Waals surface area contributed by atoms with Gasteiger partial charge in [-0.15, -0.1) is 0 Å². The number of ether oxygens (including phenoxy) is 2. The summed E-state index contributed by atoms with van der Waals surface area (Å²) in [6.45, 7) is 2.28. The zero-order valence-corrected chi connectivity index (χ0v) is 20.6. The van der Waals surface area contributed by atoms with E-state index in [1.54, 1.807) is 40.6 Å². The number of rotatable bonds is 11. The van der Waals surface area contributed by atoms with Gasteiger partial charge in [-0.1, -0.05) is 31.5 Å². The van der Waals surface area contributed by atoms with Gasteiger partial charge in [0.25, 0.3) is 5.91 Å². The molecule has 198 valence electrons. The maximum atomic E-state index is 12.4. The van der Waals surface area contributed by atoms with E-state index < -0.39 is 11.9 Å². The van der Waals surface area contributed by atoms with Crippen LogP contribution in [0, 0.1) is 0 Å². The van der Waals surface area contributed by atoms with E-state index in [4.69, 9.17) is 20.4 Å². The summed E-state index contributed by atoms with van der Waals surface area (Å²) in [6, 6.07) is 13.1. The fourth-order valence-electron chi connectivity index (χ4n) is 3.67. The monoisotopic (exact) mass is 520 g/mol. The van der Waals surface area contributed by atoms with Gasteiger partial charge in [0.15, 0.2) is 17.0 Å². The summed E-state index contributed by atoms with van der Waals surface area (Å²) in [4.78, 5) is 37.2. The highest BCUT2D eigenvalue weighted by Gasteiger charge is 2.17. The third-order valence-electron chi connectivity index (χ3n) is 5.50. The van der Waals surface area contributed by atoms with Crippen molar-refractivity contribution in [1.29, 1.82) is 0 Å². The Hall–Kier alpha value is -4.75. The van der Waals surface area contributed by atoms with Gasteiger partial charge in [0.05, 0.1) is 18.0 Å².